The minimum absolute atomic E-state index is 0.113. The van der Waals surface area contributed by atoms with Crippen molar-refractivity contribution in [1.29, 1.82) is 0 Å². The van der Waals surface area contributed by atoms with Crippen molar-refractivity contribution in [3.8, 4) is 0 Å². The van der Waals surface area contributed by atoms with Crippen LogP contribution in [-0.4, -0.2) is 44.1 Å². The first-order valence-electron chi connectivity index (χ1n) is 6.85. The van der Waals surface area contributed by atoms with E-state index in [1.165, 1.54) is 0 Å². The molecule has 0 amide bonds. The van der Waals surface area contributed by atoms with Gasteiger partial charge in [-0.25, -0.2) is 4.72 Å². The molecular formula is C12H26N2O3S. The molecule has 1 saturated heterocycles. The lowest BCUT2D eigenvalue weighted by atomic mass is 10.0. The van der Waals surface area contributed by atoms with Gasteiger partial charge < -0.3 is 5.11 Å². The van der Waals surface area contributed by atoms with Crippen LogP contribution in [0.15, 0.2) is 0 Å². The topological polar surface area (TPSA) is 69.6 Å². The summed E-state index contributed by atoms with van der Waals surface area (Å²) < 4.78 is 28.3. The van der Waals surface area contributed by atoms with Crippen molar-refractivity contribution in [3.05, 3.63) is 0 Å². The van der Waals surface area contributed by atoms with Crippen molar-refractivity contribution in [2.45, 2.75) is 39.5 Å². The molecule has 1 unspecified atom stereocenters. The highest BCUT2D eigenvalue weighted by atomic mass is 32.2. The summed E-state index contributed by atoms with van der Waals surface area (Å²) in [6, 6.07) is 0. The first-order valence-corrected chi connectivity index (χ1v) is 8.29. The van der Waals surface area contributed by atoms with Crippen LogP contribution in [0.25, 0.3) is 0 Å². The van der Waals surface area contributed by atoms with Crippen molar-refractivity contribution in [2.75, 3.05) is 26.2 Å². The minimum atomic E-state index is -3.33. The normalized spacial score (nSPS) is 21.1. The zero-order chi connectivity index (χ0) is 13.6. The SMILES string of the molecule is CCC(CCO)CNS(=O)(=O)N1CCC(C)CC1. The second-order valence-corrected chi connectivity index (χ2v) is 6.98. The van der Waals surface area contributed by atoms with E-state index in [1.807, 2.05) is 6.92 Å². The molecule has 0 aliphatic carbocycles. The highest BCUT2D eigenvalue weighted by Crippen LogP contribution is 2.18. The summed E-state index contributed by atoms with van der Waals surface area (Å²) in [5, 5.41) is 8.89. The van der Waals surface area contributed by atoms with E-state index < -0.39 is 10.2 Å². The summed E-state index contributed by atoms with van der Waals surface area (Å²) in [5.41, 5.74) is 0. The van der Waals surface area contributed by atoms with Gasteiger partial charge in [0.25, 0.3) is 10.2 Å². The van der Waals surface area contributed by atoms with Crippen molar-refractivity contribution < 1.29 is 13.5 Å². The number of nitrogens with zero attached hydrogens (tertiary/aromatic N) is 1. The first-order chi connectivity index (χ1) is 8.49. The number of hydrogen-bond acceptors (Lipinski definition) is 3. The maximum atomic E-state index is 12.1. The van der Waals surface area contributed by atoms with Gasteiger partial charge in [-0.15, -0.1) is 0 Å². The van der Waals surface area contributed by atoms with Gasteiger partial charge in [0, 0.05) is 26.2 Å². The van der Waals surface area contributed by atoms with Crippen molar-refractivity contribution in [1.82, 2.24) is 9.03 Å². The van der Waals surface area contributed by atoms with E-state index in [9.17, 15) is 8.42 Å². The monoisotopic (exact) mass is 278 g/mol. The van der Waals surface area contributed by atoms with Gasteiger partial charge in [0.15, 0.2) is 0 Å². The molecule has 1 aliphatic rings. The molecule has 0 spiro atoms. The zero-order valence-electron chi connectivity index (χ0n) is 11.4. The summed E-state index contributed by atoms with van der Waals surface area (Å²) in [6.07, 6.45) is 3.40. The van der Waals surface area contributed by atoms with Crippen LogP contribution in [0.3, 0.4) is 0 Å². The van der Waals surface area contributed by atoms with Crippen molar-refractivity contribution in [3.63, 3.8) is 0 Å². The van der Waals surface area contributed by atoms with E-state index in [-0.39, 0.29) is 12.5 Å². The van der Waals surface area contributed by atoms with E-state index in [1.54, 1.807) is 4.31 Å². The third kappa shape index (κ3) is 4.84. The molecule has 108 valence electrons. The van der Waals surface area contributed by atoms with Crippen molar-refractivity contribution in [2.24, 2.45) is 11.8 Å². The van der Waals surface area contributed by atoms with Crippen LogP contribution in [-0.2, 0) is 10.2 Å². The molecule has 1 fully saturated rings. The summed E-state index contributed by atoms with van der Waals surface area (Å²) in [5.74, 6) is 0.836. The van der Waals surface area contributed by atoms with Crippen LogP contribution < -0.4 is 4.72 Å². The molecule has 18 heavy (non-hydrogen) atoms. The van der Waals surface area contributed by atoms with Gasteiger partial charge in [0.05, 0.1) is 0 Å². The average molecular weight is 278 g/mol. The number of aliphatic hydroxyl groups excluding tert-OH is 1. The molecular weight excluding hydrogens is 252 g/mol. The average Bonchev–Trinajstić information content (AvgIpc) is 2.35. The van der Waals surface area contributed by atoms with Gasteiger partial charge in [0.2, 0.25) is 0 Å². The van der Waals surface area contributed by atoms with E-state index in [0.717, 1.165) is 19.3 Å². The summed E-state index contributed by atoms with van der Waals surface area (Å²) in [7, 11) is -3.33. The molecule has 6 heteroatoms. The molecule has 0 aromatic carbocycles. The highest BCUT2D eigenvalue weighted by molar-refractivity contribution is 7.87. The molecule has 0 aromatic rings. The Morgan fingerprint density at radius 1 is 1.39 bits per heavy atom. The van der Waals surface area contributed by atoms with Gasteiger partial charge in [-0.1, -0.05) is 20.3 Å². The fraction of sp³-hybridized carbons (Fsp3) is 1.00. The molecule has 0 aromatic heterocycles. The molecule has 0 bridgehead atoms. The fourth-order valence-electron chi connectivity index (χ4n) is 2.17. The van der Waals surface area contributed by atoms with E-state index in [0.29, 0.717) is 32.0 Å². The van der Waals surface area contributed by atoms with Crippen LogP contribution >= 0.6 is 0 Å². The summed E-state index contributed by atoms with van der Waals surface area (Å²) in [4.78, 5) is 0. The number of nitrogens with one attached hydrogen (secondary N) is 1. The quantitative estimate of drug-likeness (QED) is 0.729. The lowest BCUT2D eigenvalue weighted by molar-refractivity contribution is 0.252. The Hall–Kier alpha value is -0.170. The number of aliphatic hydroxyl groups is 1. The fourth-order valence-corrected chi connectivity index (χ4v) is 3.49. The number of piperidine rings is 1. The van der Waals surface area contributed by atoms with Crippen LogP contribution in [0.4, 0.5) is 0 Å². The van der Waals surface area contributed by atoms with Gasteiger partial charge in [0.1, 0.15) is 0 Å². The van der Waals surface area contributed by atoms with Crippen LogP contribution in [0.1, 0.15) is 39.5 Å². The number of hydrogen-bond donors (Lipinski definition) is 2. The smallest absolute Gasteiger partial charge is 0.279 e. The molecule has 2 N–H and O–H groups in total. The Balaban J connectivity index is 2.44. The maximum absolute atomic E-state index is 12.1. The predicted octanol–water partition coefficient (Wildman–Crippen LogP) is 0.961. The molecule has 5 nitrogen and oxygen atoms in total. The molecule has 1 aliphatic heterocycles. The Morgan fingerprint density at radius 3 is 2.50 bits per heavy atom. The predicted molar refractivity (Wildman–Crippen MR) is 72.4 cm³/mol. The van der Waals surface area contributed by atoms with E-state index in [4.69, 9.17) is 5.11 Å². The highest BCUT2D eigenvalue weighted by Gasteiger charge is 2.26. The Morgan fingerprint density at radius 2 is 2.00 bits per heavy atom. The third-order valence-electron chi connectivity index (χ3n) is 3.75. The maximum Gasteiger partial charge on any atom is 0.279 e. The van der Waals surface area contributed by atoms with Crippen molar-refractivity contribution >= 4 is 10.2 Å². The van der Waals surface area contributed by atoms with Crippen LogP contribution in [0.2, 0.25) is 0 Å². The summed E-state index contributed by atoms with van der Waals surface area (Å²) in [6.45, 7) is 5.94. The second kappa shape index (κ2) is 7.43. The Bertz CT molecular complexity index is 324. The summed E-state index contributed by atoms with van der Waals surface area (Å²) >= 11 is 0. The lowest BCUT2D eigenvalue weighted by Gasteiger charge is -2.30. The van der Waals surface area contributed by atoms with Gasteiger partial charge in [-0.3, -0.25) is 0 Å². The Labute approximate surface area is 111 Å². The van der Waals surface area contributed by atoms with Gasteiger partial charge in [-0.05, 0) is 31.1 Å². The molecule has 1 atom stereocenters. The third-order valence-corrected chi connectivity index (χ3v) is 5.33. The zero-order valence-corrected chi connectivity index (χ0v) is 12.2. The molecule has 0 radical (unpaired) electrons. The van der Waals surface area contributed by atoms with Gasteiger partial charge >= 0.3 is 0 Å². The largest absolute Gasteiger partial charge is 0.396 e. The van der Waals surface area contributed by atoms with E-state index in [2.05, 4.69) is 11.6 Å². The van der Waals surface area contributed by atoms with E-state index >= 15 is 0 Å². The second-order valence-electron chi connectivity index (χ2n) is 5.22. The first kappa shape index (κ1) is 15.9. The lowest BCUT2D eigenvalue weighted by Crippen LogP contribution is -2.45. The van der Waals surface area contributed by atoms with Crippen LogP contribution in [0, 0.1) is 11.8 Å². The number of rotatable bonds is 7. The molecule has 0 saturated carbocycles. The standard InChI is InChI=1S/C12H26N2O3S/c1-3-12(6-9-15)10-13-18(16,17)14-7-4-11(2)5-8-14/h11-13,15H,3-10H2,1-2H3. The minimum Gasteiger partial charge on any atom is -0.396 e. The van der Waals surface area contributed by atoms with Gasteiger partial charge in [-0.2, -0.15) is 12.7 Å². The van der Waals surface area contributed by atoms with Crippen LogP contribution in [0.5, 0.6) is 0 Å². The molecule has 1 rings (SSSR count). The Kier molecular flexibility index (Phi) is 6.55. The molecule has 1 heterocycles.